The van der Waals surface area contributed by atoms with E-state index in [1.807, 2.05) is 6.07 Å². The second kappa shape index (κ2) is 6.62. The molecule has 0 amide bonds. The average molecular weight is 329 g/mol. The van der Waals surface area contributed by atoms with E-state index in [9.17, 15) is 9.59 Å². The predicted octanol–water partition coefficient (Wildman–Crippen LogP) is 2.94. The van der Waals surface area contributed by atoms with Crippen LogP contribution in [0.2, 0.25) is 5.02 Å². The first-order valence-electron chi connectivity index (χ1n) is 7.01. The second-order valence-electron chi connectivity index (χ2n) is 4.91. The highest BCUT2D eigenvalue weighted by molar-refractivity contribution is 6.30. The summed E-state index contributed by atoms with van der Waals surface area (Å²) in [5, 5.41) is 1.03. The summed E-state index contributed by atoms with van der Waals surface area (Å²) in [6, 6.07) is 12.0. The molecule has 0 bridgehead atoms. The summed E-state index contributed by atoms with van der Waals surface area (Å²) in [5.74, 6) is 0.436. The van der Waals surface area contributed by atoms with Crippen LogP contribution in [0.4, 0.5) is 0 Å². The van der Waals surface area contributed by atoms with Crippen LogP contribution in [-0.2, 0) is 6.54 Å². The van der Waals surface area contributed by atoms with E-state index in [-0.39, 0.29) is 12.2 Å². The highest BCUT2D eigenvalue weighted by Gasteiger charge is 2.06. The van der Waals surface area contributed by atoms with Gasteiger partial charge >= 0.3 is 0 Å². The van der Waals surface area contributed by atoms with Gasteiger partial charge in [-0.1, -0.05) is 23.7 Å². The maximum Gasteiger partial charge on any atom is 0.261 e. The number of hydrogen-bond donors (Lipinski definition) is 0. The quantitative estimate of drug-likeness (QED) is 0.676. The van der Waals surface area contributed by atoms with Crippen molar-refractivity contribution in [2.45, 2.75) is 6.54 Å². The number of benzene rings is 2. The number of fused-ring (bicyclic) bond motifs is 1. The second-order valence-corrected chi connectivity index (χ2v) is 5.35. The zero-order valence-corrected chi connectivity index (χ0v) is 12.9. The molecule has 1 heterocycles. The molecule has 0 saturated carbocycles. The molecule has 0 aliphatic rings. The van der Waals surface area contributed by atoms with E-state index < -0.39 is 0 Å². The van der Waals surface area contributed by atoms with E-state index in [1.165, 1.54) is 17.0 Å². The van der Waals surface area contributed by atoms with Crippen molar-refractivity contribution in [3.8, 4) is 5.75 Å². The first-order valence-corrected chi connectivity index (χ1v) is 7.38. The maximum absolute atomic E-state index is 12.3. The fraction of sp³-hybridized carbons (Fsp3) is 0.118. The minimum Gasteiger partial charge on any atom is -0.491 e. The monoisotopic (exact) mass is 328 g/mol. The van der Waals surface area contributed by atoms with E-state index in [0.29, 0.717) is 40.1 Å². The van der Waals surface area contributed by atoms with Gasteiger partial charge in [0.2, 0.25) is 0 Å². The fourth-order valence-electron chi connectivity index (χ4n) is 2.26. The number of rotatable bonds is 5. The van der Waals surface area contributed by atoms with Crippen LogP contribution in [0.15, 0.2) is 53.6 Å². The Hall–Kier alpha value is -2.66. The third kappa shape index (κ3) is 3.24. The molecule has 0 aliphatic carbocycles. The molecule has 6 heteroatoms. The van der Waals surface area contributed by atoms with Gasteiger partial charge in [-0.15, -0.1) is 0 Å². The predicted molar refractivity (Wildman–Crippen MR) is 88.3 cm³/mol. The van der Waals surface area contributed by atoms with Gasteiger partial charge in [0.05, 0.1) is 29.3 Å². The van der Waals surface area contributed by atoms with Gasteiger partial charge in [0.1, 0.15) is 12.4 Å². The summed E-state index contributed by atoms with van der Waals surface area (Å²) < 4.78 is 7.06. The van der Waals surface area contributed by atoms with Gasteiger partial charge in [0.25, 0.3) is 5.56 Å². The normalized spacial score (nSPS) is 10.7. The Morgan fingerprint density at radius 3 is 2.87 bits per heavy atom. The summed E-state index contributed by atoms with van der Waals surface area (Å²) in [4.78, 5) is 27.6. The zero-order chi connectivity index (χ0) is 16.2. The number of hydrogen-bond acceptors (Lipinski definition) is 4. The third-order valence-electron chi connectivity index (χ3n) is 3.42. The Bertz CT molecular complexity index is 921. The van der Waals surface area contributed by atoms with Crippen molar-refractivity contribution in [1.82, 2.24) is 9.55 Å². The van der Waals surface area contributed by atoms with Crippen LogP contribution < -0.4 is 10.3 Å². The topological polar surface area (TPSA) is 61.2 Å². The van der Waals surface area contributed by atoms with Gasteiger partial charge in [-0.3, -0.25) is 14.2 Å². The fourth-order valence-corrected chi connectivity index (χ4v) is 2.44. The molecule has 0 saturated heterocycles. The Morgan fingerprint density at radius 1 is 1.22 bits per heavy atom. The summed E-state index contributed by atoms with van der Waals surface area (Å²) >= 11 is 5.83. The number of nitrogens with zero attached hydrogens (tertiary/aromatic N) is 2. The molecule has 0 unspecified atom stereocenters. The molecule has 3 aromatic rings. The van der Waals surface area contributed by atoms with Crippen molar-refractivity contribution in [3.63, 3.8) is 0 Å². The van der Waals surface area contributed by atoms with Crippen LogP contribution in [0.1, 0.15) is 10.4 Å². The molecule has 0 radical (unpaired) electrons. The molecular weight excluding hydrogens is 316 g/mol. The molecule has 0 spiro atoms. The Kier molecular flexibility index (Phi) is 4.39. The lowest BCUT2D eigenvalue weighted by atomic mass is 10.2. The van der Waals surface area contributed by atoms with Crippen molar-refractivity contribution < 1.29 is 9.53 Å². The van der Waals surface area contributed by atoms with E-state index in [2.05, 4.69) is 4.98 Å². The molecule has 5 nitrogen and oxygen atoms in total. The zero-order valence-electron chi connectivity index (χ0n) is 12.1. The highest BCUT2D eigenvalue weighted by Crippen LogP contribution is 2.21. The van der Waals surface area contributed by atoms with Gasteiger partial charge in [-0.05, 0) is 30.3 Å². The van der Waals surface area contributed by atoms with Crippen LogP contribution in [0.3, 0.4) is 0 Å². The molecular formula is C17H13ClN2O3. The first kappa shape index (κ1) is 15.2. The number of halogens is 1. The minimum absolute atomic E-state index is 0.120. The van der Waals surface area contributed by atoms with Crippen molar-refractivity contribution in [2.24, 2.45) is 0 Å². The summed E-state index contributed by atoms with van der Waals surface area (Å²) in [6.45, 7) is 0.569. The molecule has 0 fully saturated rings. The Labute approximate surface area is 137 Å². The van der Waals surface area contributed by atoms with E-state index in [0.717, 1.165) is 0 Å². The number of aldehydes is 1. The van der Waals surface area contributed by atoms with Crippen LogP contribution >= 0.6 is 11.6 Å². The van der Waals surface area contributed by atoms with Gasteiger partial charge in [0, 0.05) is 5.02 Å². The smallest absolute Gasteiger partial charge is 0.261 e. The number of ether oxygens (including phenoxy) is 1. The minimum atomic E-state index is -0.120. The molecule has 3 rings (SSSR count). The van der Waals surface area contributed by atoms with Gasteiger partial charge in [0.15, 0.2) is 6.29 Å². The molecule has 0 aliphatic heterocycles. The van der Waals surface area contributed by atoms with Crippen LogP contribution in [-0.4, -0.2) is 22.4 Å². The Balaban J connectivity index is 1.76. The summed E-state index contributed by atoms with van der Waals surface area (Å²) in [6.07, 6.45) is 2.18. The van der Waals surface area contributed by atoms with Crippen molar-refractivity contribution >= 4 is 28.8 Å². The highest BCUT2D eigenvalue weighted by atomic mass is 35.5. The number of carbonyl (C=O) groups excluding carboxylic acids is 1. The van der Waals surface area contributed by atoms with Gasteiger partial charge < -0.3 is 4.74 Å². The van der Waals surface area contributed by atoms with Crippen LogP contribution in [0, 0.1) is 0 Å². The maximum atomic E-state index is 12.3. The van der Waals surface area contributed by atoms with E-state index in [4.69, 9.17) is 16.3 Å². The molecule has 2 aromatic carbocycles. The summed E-state index contributed by atoms with van der Waals surface area (Å²) in [7, 11) is 0. The standard InChI is InChI=1S/C17H13ClN2O3/c18-13-5-6-16(12(9-13)10-21)23-8-7-20-11-19-15-4-2-1-3-14(15)17(20)22/h1-6,9-11H,7-8H2. The van der Waals surface area contributed by atoms with Crippen molar-refractivity contribution in [2.75, 3.05) is 6.61 Å². The average Bonchev–Trinajstić information content (AvgIpc) is 2.58. The Morgan fingerprint density at radius 2 is 2.04 bits per heavy atom. The molecule has 116 valence electrons. The summed E-state index contributed by atoms with van der Waals surface area (Å²) in [5.41, 5.74) is 0.919. The number of para-hydroxylation sites is 1. The van der Waals surface area contributed by atoms with E-state index >= 15 is 0 Å². The third-order valence-corrected chi connectivity index (χ3v) is 3.66. The van der Waals surface area contributed by atoms with Crippen molar-refractivity contribution in [1.29, 1.82) is 0 Å². The number of aromatic nitrogens is 2. The lowest BCUT2D eigenvalue weighted by Crippen LogP contribution is -2.23. The molecule has 23 heavy (non-hydrogen) atoms. The van der Waals surface area contributed by atoms with Crippen LogP contribution in [0.5, 0.6) is 5.75 Å². The molecule has 0 atom stereocenters. The van der Waals surface area contributed by atoms with Gasteiger partial charge in [-0.2, -0.15) is 0 Å². The van der Waals surface area contributed by atoms with Crippen LogP contribution in [0.25, 0.3) is 10.9 Å². The lowest BCUT2D eigenvalue weighted by molar-refractivity contribution is 0.111. The molecule has 0 N–H and O–H groups in total. The van der Waals surface area contributed by atoms with Crippen molar-refractivity contribution in [3.05, 3.63) is 69.7 Å². The molecule has 1 aromatic heterocycles. The van der Waals surface area contributed by atoms with Gasteiger partial charge in [-0.25, -0.2) is 4.98 Å². The van der Waals surface area contributed by atoms with E-state index in [1.54, 1.807) is 30.3 Å². The largest absolute Gasteiger partial charge is 0.491 e. The lowest BCUT2D eigenvalue weighted by Gasteiger charge is -2.10. The number of carbonyl (C=O) groups is 1. The SMILES string of the molecule is O=Cc1cc(Cl)ccc1OCCn1cnc2ccccc2c1=O. The first-order chi connectivity index (χ1) is 11.2.